The third-order valence-corrected chi connectivity index (χ3v) is 6.56. The fourth-order valence-corrected chi connectivity index (χ4v) is 5.63. The summed E-state index contributed by atoms with van der Waals surface area (Å²) in [7, 11) is 0. The number of piperidine rings is 1. The molecule has 2 fully saturated rings. The third kappa shape index (κ3) is 3.59. The molecule has 110 valence electrons. The van der Waals surface area contributed by atoms with Gasteiger partial charge in [0.05, 0.1) is 12.0 Å². The zero-order valence-corrected chi connectivity index (χ0v) is 13.2. The minimum Gasteiger partial charge on any atom is -0.313 e. The second-order valence-electron chi connectivity index (χ2n) is 5.47. The van der Waals surface area contributed by atoms with E-state index in [9.17, 15) is 4.79 Å². The molecule has 0 aromatic carbocycles. The Morgan fingerprint density at radius 2 is 2.10 bits per heavy atom. The van der Waals surface area contributed by atoms with E-state index in [0.717, 1.165) is 18.7 Å². The number of nitrogens with zero attached hydrogens (tertiary/aromatic N) is 2. The van der Waals surface area contributed by atoms with Gasteiger partial charge >= 0.3 is 0 Å². The monoisotopic (exact) mass is 311 g/mol. The fraction of sp³-hybridized carbons (Fsp3) is 0.714. The van der Waals surface area contributed by atoms with Gasteiger partial charge in [-0.15, -0.1) is 0 Å². The van der Waals surface area contributed by atoms with Gasteiger partial charge in [0.2, 0.25) is 0 Å². The Labute approximate surface area is 128 Å². The smallest absolute Gasteiger partial charge is 0.250 e. The lowest BCUT2D eigenvalue weighted by Crippen LogP contribution is -2.44. The largest absolute Gasteiger partial charge is 0.313 e. The maximum Gasteiger partial charge on any atom is 0.250 e. The first kappa shape index (κ1) is 14.5. The molecule has 20 heavy (non-hydrogen) atoms. The van der Waals surface area contributed by atoms with Crippen molar-refractivity contribution in [3.8, 4) is 0 Å². The van der Waals surface area contributed by atoms with Gasteiger partial charge in [-0.25, -0.2) is 4.98 Å². The maximum absolute atomic E-state index is 11.4. The summed E-state index contributed by atoms with van der Waals surface area (Å²) in [5.74, 6) is 5.50. The van der Waals surface area contributed by atoms with Crippen molar-refractivity contribution in [2.75, 3.05) is 36.1 Å². The van der Waals surface area contributed by atoms with E-state index in [1.54, 1.807) is 6.07 Å². The molecule has 3 rings (SSSR count). The zero-order valence-electron chi connectivity index (χ0n) is 11.6. The van der Waals surface area contributed by atoms with Gasteiger partial charge in [-0.2, -0.15) is 23.5 Å². The van der Waals surface area contributed by atoms with Gasteiger partial charge in [0.1, 0.15) is 0 Å². The maximum atomic E-state index is 11.4. The van der Waals surface area contributed by atoms with Crippen LogP contribution >= 0.6 is 23.5 Å². The summed E-state index contributed by atoms with van der Waals surface area (Å²) >= 11 is 4.17. The van der Waals surface area contributed by atoms with Crippen LogP contribution in [0.25, 0.3) is 0 Å². The number of aromatic nitrogens is 2. The van der Waals surface area contributed by atoms with E-state index >= 15 is 0 Å². The highest BCUT2D eigenvalue weighted by atomic mass is 32.2. The standard InChI is InChI=1S/C14H21N3OS2/c18-14-6-13(15-10-16-14)11-2-1-3-17(7-11)12-8-19-4-5-20-9-12/h6,10-12H,1-5,7-9H2,(H,15,16,18). The van der Waals surface area contributed by atoms with Crippen molar-refractivity contribution in [2.45, 2.75) is 24.8 Å². The summed E-state index contributed by atoms with van der Waals surface area (Å²) in [5.41, 5.74) is 0.931. The van der Waals surface area contributed by atoms with E-state index in [0.29, 0.717) is 12.0 Å². The molecule has 0 aliphatic carbocycles. The van der Waals surface area contributed by atoms with Crippen molar-refractivity contribution in [3.05, 3.63) is 28.4 Å². The van der Waals surface area contributed by atoms with Crippen molar-refractivity contribution >= 4 is 23.5 Å². The van der Waals surface area contributed by atoms with Crippen LogP contribution in [-0.4, -0.2) is 57.0 Å². The molecule has 1 aromatic heterocycles. The lowest BCUT2D eigenvalue weighted by molar-refractivity contribution is 0.171. The van der Waals surface area contributed by atoms with E-state index in [-0.39, 0.29) is 5.56 Å². The molecule has 1 aromatic rings. The molecule has 0 spiro atoms. The average molecular weight is 311 g/mol. The highest BCUT2D eigenvalue weighted by molar-refractivity contribution is 8.03. The first-order valence-corrected chi connectivity index (χ1v) is 9.58. The fourth-order valence-electron chi connectivity index (χ4n) is 3.00. The van der Waals surface area contributed by atoms with Crippen molar-refractivity contribution in [2.24, 2.45) is 0 Å². The minimum atomic E-state index is -0.0345. The van der Waals surface area contributed by atoms with Crippen molar-refractivity contribution in [1.82, 2.24) is 14.9 Å². The van der Waals surface area contributed by atoms with Gasteiger partial charge in [-0.3, -0.25) is 9.69 Å². The van der Waals surface area contributed by atoms with Gasteiger partial charge in [0.25, 0.3) is 5.56 Å². The molecule has 4 nitrogen and oxygen atoms in total. The quantitative estimate of drug-likeness (QED) is 0.902. The Bertz CT molecular complexity index is 485. The normalized spacial score (nSPS) is 26.3. The highest BCUT2D eigenvalue weighted by Crippen LogP contribution is 2.29. The molecular formula is C14H21N3OS2. The predicted molar refractivity (Wildman–Crippen MR) is 86.8 cm³/mol. The van der Waals surface area contributed by atoms with Gasteiger partial charge in [-0.1, -0.05) is 0 Å². The van der Waals surface area contributed by atoms with Gasteiger partial charge < -0.3 is 4.98 Å². The summed E-state index contributed by atoms with van der Waals surface area (Å²) in [5, 5.41) is 0. The summed E-state index contributed by atoms with van der Waals surface area (Å²) in [6.07, 6.45) is 3.90. The van der Waals surface area contributed by atoms with Crippen LogP contribution in [0.3, 0.4) is 0 Å². The van der Waals surface area contributed by atoms with Crippen LogP contribution in [0.4, 0.5) is 0 Å². The number of H-pyrrole nitrogens is 1. The van der Waals surface area contributed by atoms with Crippen molar-refractivity contribution < 1.29 is 0 Å². The van der Waals surface area contributed by atoms with Gasteiger partial charge in [-0.05, 0) is 19.4 Å². The second kappa shape index (κ2) is 7.00. The summed E-state index contributed by atoms with van der Waals surface area (Å²) in [4.78, 5) is 21.0. The van der Waals surface area contributed by atoms with Crippen LogP contribution in [0.5, 0.6) is 0 Å². The summed E-state index contributed by atoms with van der Waals surface area (Å²) in [6.45, 7) is 2.26. The molecular weight excluding hydrogens is 290 g/mol. The molecule has 6 heteroatoms. The molecule has 1 N–H and O–H groups in total. The Morgan fingerprint density at radius 3 is 2.85 bits per heavy atom. The zero-order chi connectivity index (χ0) is 13.8. The number of likely N-dealkylation sites (tertiary alicyclic amines) is 1. The molecule has 1 unspecified atom stereocenters. The first-order chi connectivity index (χ1) is 9.83. The Balaban J connectivity index is 1.68. The lowest BCUT2D eigenvalue weighted by atomic mass is 9.94. The number of hydrogen-bond donors (Lipinski definition) is 1. The van der Waals surface area contributed by atoms with E-state index in [4.69, 9.17) is 0 Å². The van der Waals surface area contributed by atoms with Crippen LogP contribution < -0.4 is 5.56 Å². The average Bonchev–Trinajstić information content (AvgIpc) is 2.76. The molecule has 2 aliphatic heterocycles. The van der Waals surface area contributed by atoms with Crippen LogP contribution in [0, 0.1) is 0 Å². The van der Waals surface area contributed by atoms with E-state index in [1.807, 2.05) is 0 Å². The Morgan fingerprint density at radius 1 is 1.30 bits per heavy atom. The minimum absolute atomic E-state index is 0.0345. The Hall–Kier alpha value is -0.460. The first-order valence-electron chi connectivity index (χ1n) is 7.27. The summed E-state index contributed by atoms with van der Waals surface area (Å²) < 4.78 is 0. The second-order valence-corrected chi connectivity index (χ2v) is 7.77. The van der Waals surface area contributed by atoms with Crippen LogP contribution in [0.1, 0.15) is 24.5 Å². The van der Waals surface area contributed by atoms with Crippen molar-refractivity contribution in [1.29, 1.82) is 0 Å². The molecule has 0 bridgehead atoms. The predicted octanol–water partition coefficient (Wildman–Crippen LogP) is 1.80. The number of aromatic amines is 1. The third-order valence-electron chi connectivity index (χ3n) is 4.08. The van der Waals surface area contributed by atoms with Crippen molar-refractivity contribution in [3.63, 3.8) is 0 Å². The van der Waals surface area contributed by atoms with E-state index in [2.05, 4.69) is 38.4 Å². The van der Waals surface area contributed by atoms with Gasteiger partial charge in [0.15, 0.2) is 0 Å². The number of nitrogens with one attached hydrogen (secondary N) is 1. The molecule has 2 saturated heterocycles. The molecule has 0 radical (unpaired) electrons. The number of rotatable bonds is 2. The van der Waals surface area contributed by atoms with Crippen LogP contribution in [0.15, 0.2) is 17.2 Å². The number of thioether (sulfide) groups is 2. The van der Waals surface area contributed by atoms with E-state index in [1.165, 1.54) is 42.3 Å². The Kier molecular flexibility index (Phi) is 5.07. The van der Waals surface area contributed by atoms with E-state index < -0.39 is 0 Å². The molecule has 3 heterocycles. The van der Waals surface area contributed by atoms with Gasteiger partial charge in [0, 0.05) is 47.6 Å². The number of hydrogen-bond acceptors (Lipinski definition) is 5. The lowest BCUT2D eigenvalue weighted by Gasteiger charge is -2.37. The molecule has 0 amide bonds. The van der Waals surface area contributed by atoms with Crippen LogP contribution in [-0.2, 0) is 0 Å². The van der Waals surface area contributed by atoms with Crippen LogP contribution in [0.2, 0.25) is 0 Å². The molecule has 2 aliphatic rings. The molecule has 1 atom stereocenters. The SMILES string of the molecule is O=c1cc(C2CCCN(C3CSCCSC3)C2)nc[nH]1. The highest BCUT2D eigenvalue weighted by Gasteiger charge is 2.28. The topological polar surface area (TPSA) is 49.0 Å². The summed E-state index contributed by atoms with van der Waals surface area (Å²) in [6, 6.07) is 2.36. The molecule has 0 saturated carbocycles.